The van der Waals surface area contributed by atoms with Gasteiger partial charge in [-0.15, -0.1) is 0 Å². The minimum absolute atomic E-state index is 0.00507. The Morgan fingerprint density at radius 2 is 2.00 bits per heavy atom. The molecule has 0 aliphatic rings. The van der Waals surface area contributed by atoms with Gasteiger partial charge in [-0.3, -0.25) is 4.79 Å². The van der Waals surface area contributed by atoms with Gasteiger partial charge in [0.05, 0.1) is 5.60 Å². The van der Waals surface area contributed by atoms with Gasteiger partial charge in [-0.2, -0.15) is 8.78 Å². The number of amides is 1. The molecule has 0 aromatic heterocycles. The molecule has 112 valence electrons. The molecule has 1 rings (SSSR count). The highest BCUT2D eigenvalue weighted by atomic mass is 19.3. The Hall–Kier alpha value is -1.69. The number of aliphatic hydroxyl groups is 1. The predicted octanol–water partition coefficient (Wildman–Crippen LogP) is 2.57. The zero-order valence-corrected chi connectivity index (χ0v) is 11.5. The minimum Gasteiger partial charge on any atom is -0.435 e. The molecule has 20 heavy (non-hydrogen) atoms. The lowest BCUT2D eigenvalue weighted by Gasteiger charge is -2.22. The van der Waals surface area contributed by atoms with E-state index in [-0.39, 0.29) is 18.2 Å². The third-order valence-electron chi connectivity index (χ3n) is 2.76. The third kappa shape index (κ3) is 5.52. The molecule has 0 aliphatic heterocycles. The SMILES string of the molecule is CCCC(C)(O)CNC(=O)c1ccc(OC(F)F)cc1. The van der Waals surface area contributed by atoms with E-state index in [1.165, 1.54) is 24.3 Å². The first-order chi connectivity index (χ1) is 9.34. The van der Waals surface area contributed by atoms with Crippen LogP contribution in [0.5, 0.6) is 5.75 Å². The van der Waals surface area contributed by atoms with Crippen molar-refractivity contribution in [2.45, 2.75) is 38.9 Å². The Balaban J connectivity index is 2.55. The Labute approximate surface area is 116 Å². The normalized spacial score (nSPS) is 13.9. The molecule has 0 bridgehead atoms. The first kappa shape index (κ1) is 16.4. The third-order valence-corrected chi connectivity index (χ3v) is 2.76. The van der Waals surface area contributed by atoms with Crippen LogP contribution in [0.15, 0.2) is 24.3 Å². The Bertz CT molecular complexity index is 433. The number of halogens is 2. The smallest absolute Gasteiger partial charge is 0.387 e. The molecular weight excluding hydrogens is 268 g/mol. The number of nitrogens with one attached hydrogen (secondary N) is 1. The van der Waals surface area contributed by atoms with E-state index >= 15 is 0 Å². The van der Waals surface area contributed by atoms with Gasteiger partial charge in [0.15, 0.2) is 0 Å². The average Bonchev–Trinajstić information content (AvgIpc) is 2.36. The number of rotatable bonds is 7. The fourth-order valence-corrected chi connectivity index (χ4v) is 1.79. The van der Waals surface area contributed by atoms with Crippen LogP contribution in [-0.2, 0) is 0 Å². The molecule has 0 saturated heterocycles. The quantitative estimate of drug-likeness (QED) is 0.810. The van der Waals surface area contributed by atoms with Crippen molar-refractivity contribution in [3.05, 3.63) is 29.8 Å². The van der Waals surface area contributed by atoms with Crippen LogP contribution < -0.4 is 10.1 Å². The molecule has 4 nitrogen and oxygen atoms in total. The largest absolute Gasteiger partial charge is 0.435 e. The second kappa shape index (κ2) is 7.19. The zero-order valence-electron chi connectivity index (χ0n) is 11.5. The summed E-state index contributed by atoms with van der Waals surface area (Å²) in [4.78, 5) is 11.8. The average molecular weight is 287 g/mol. The number of benzene rings is 1. The van der Waals surface area contributed by atoms with Gasteiger partial charge in [-0.25, -0.2) is 0 Å². The van der Waals surface area contributed by atoms with E-state index in [0.29, 0.717) is 12.0 Å². The van der Waals surface area contributed by atoms with Crippen molar-refractivity contribution in [2.24, 2.45) is 0 Å². The standard InChI is InChI=1S/C14H19F2NO3/c1-3-8-14(2,19)9-17-12(18)10-4-6-11(7-5-10)20-13(15)16/h4-7,13,19H,3,8-9H2,1-2H3,(H,17,18). The van der Waals surface area contributed by atoms with Crippen LogP contribution in [0.4, 0.5) is 8.78 Å². The fourth-order valence-electron chi connectivity index (χ4n) is 1.79. The molecular formula is C14H19F2NO3. The highest BCUT2D eigenvalue weighted by Gasteiger charge is 2.20. The van der Waals surface area contributed by atoms with Crippen molar-refractivity contribution in [3.8, 4) is 5.75 Å². The summed E-state index contributed by atoms with van der Waals surface area (Å²) >= 11 is 0. The number of hydrogen-bond acceptors (Lipinski definition) is 3. The van der Waals surface area contributed by atoms with E-state index in [2.05, 4.69) is 10.1 Å². The molecule has 1 aromatic carbocycles. The van der Waals surface area contributed by atoms with E-state index in [0.717, 1.165) is 6.42 Å². The summed E-state index contributed by atoms with van der Waals surface area (Å²) in [6, 6.07) is 5.37. The van der Waals surface area contributed by atoms with Crippen molar-refractivity contribution in [3.63, 3.8) is 0 Å². The number of hydrogen-bond donors (Lipinski definition) is 2. The molecule has 0 fully saturated rings. The van der Waals surface area contributed by atoms with Crippen LogP contribution >= 0.6 is 0 Å². The van der Waals surface area contributed by atoms with Gasteiger partial charge in [0.25, 0.3) is 5.91 Å². The van der Waals surface area contributed by atoms with Gasteiger partial charge < -0.3 is 15.2 Å². The molecule has 1 unspecified atom stereocenters. The topological polar surface area (TPSA) is 58.6 Å². The van der Waals surface area contributed by atoms with Crippen LogP contribution in [0, 0.1) is 0 Å². The molecule has 2 N–H and O–H groups in total. The predicted molar refractivity (Wildman–Crippen MR) is 70.9 cm³/mol. The van der Waals surface area contributed by atoms with E-state index < -0.39 is 12.2 Å². The maximum Gasteiger partial charge on any atom is 0.387 e. The minimum atomic E-state index is -2.89. The molecule has 1 amide bonds. The van der Waals surface area contributed by atoms with Gasteiger partial charge in [0, 0.05) is 12.1 Å². The maximum absolute atomic E-state index is 12.0. The van der Waals surface area contributed by atoms with Crippen LogP contribution in [-0.4, -0.2) is 29.8 Å². The Morgan fingerprint density at radius 3 is 2.50 bits per heavy atom. The summed E-state index contributed by atoms with van der Waals surface area (Å²) in [5, 5.41) is 12.5. The number of ether oxygens (including phenoxy) is 1. The van der Waals surface area contributed by atoms with Crippen LogP contribution in [0.25, 0.3) is 0 Å². The first-order valence-corrected chi connectivity index (χ1v) is 6.39. The lowest BCUT2D eigenvalue weighted by Crippen LogP contribution is -2.40. The maximum atomic E-state index is 12.0. The highest BCUT2D eigenvalue weighted by molar-refractivity contribution is 5.94. The van der Waals surface area contributed by atoms with E-state index in [9.17, 15) is 18.7 Å². The van der Waals surface area contributed by atoms with Crippen molar-refractivity contribution in [1.82, 2.24) is 5.32 Å². The molecule has 0 saturated carbocycles. The highest BCUT2D eigenvalue weighted by Crippen LogP contribution is 2.15. The summed E-state index contributed by atoms with van der Waals surface area (Å²) in [6.45, 7) is 0.836. The summed E-state index contributed by atoms with van der Waals surface area (Å²) in [7, 11) is 0. The molecule has 1 atom stereocenters. The first-order valence-electron chi connectivity index (χ1n) is 6.39. The number of alkyl halides is 2. The Kier molecular flexibility index (Phi) is 5.88. The lowest BCUT2D eigenvalue weighted by atomic mass is 10.0. The van der Waals surface area contributed by atoms with Gasteiger partial charge in [-0.1, -0.05) is 13.3 Å². The number of carbonyl (C=O) groups is 1. The van der Waals surface area contributed by atoms with E-state index in [1.807, 2.05) is 6.92 Å². The molecule has 1 aromatic rings. The second-order valence-corrected chi connectivity index (χ2v) is 4.83. The summed E-state index contributed by atoms with van der Waals surface area (Å²) in [5.41, 5.74) is -0.637. The number of carbonyl (C=O) groups excluding carboxylic acids is 1. The Morgan fingerprint density at radius 1 is 1.40 bits per heavy atom. The fraction of sp³-hybridized carbons (Fsp3) is 0.500. The van der Waals surface area contributed by atoms with Crippen molar-refractivity contribution in [2.75, 3.05) is 6.54 Å². The summed E-state index contributed by atoms with van der Waals surface area (Å²) < 4.78 is 28.1. The van der Waals surface area contributed by atoms with Gasteiger partial charge in [0.1, 0.15) is 5.75 Å². The van der Waals surface area contributed by atoms with Crippen LogP contribution in [0.2, 0.25) is 0 Å². The van der Waals surface area contributed by atoms with Crippen molar-refractivity contribution >= 4 is 5.91 Å². The van der Waals surface area contributed by atoms with E-state index in [1.54, 1.807) is 6.92 Å². The monoisotopic (exact) mass is 287 g/mol. The molecule has 6 heteroatoms. The van der Waals surface area contributed by atoms with Crippen molar-refractivity contribution < 1.29 is 23.4 Å². The van der Waals surface area contributed by atoms with Gasteiger partial charge in [-0.05, 0) is 37.6 Å². The summed E-state index contributed by atoms with van der Waals surface area (Å²) in [6.07, 6.45) is 1.39. The second-order valence-electron chi connectivity index (χ2n) is 4.83. The molecule has 0 aliphatic carbocycles. The van der Waals surface area contributed by atoms with E-state index in [4.69, 9.17) is 0 Å². The lowest BCUT2D eigenvalue weighted by molar-refractivity contribution is -0.0498. The molecule has 0 heterocycles. The van der Waals surface area contributed by atoms with Gasteiger partial charge in [0.2, 0.25) is 0 Å². The molecule has 0 spiro atoms. The van der Waals surface area contributed by atoms with Crippen molar-refractivity contribution in [1.29, 1.82) is 0 Å². The summed E-state index contributed by atoms with van der Waals surface area (Å²) in [5.74, 6) is -0.375. The van der Waals surface area contributed by atoms with Crippen LogP contribution in [0.1, 0.15) is 37.0 Å². The van der Waals surface area contributed by atoms with Crippen LogP contribution in [0.3, 0.4) is 0 Å². The zero-order chi connectivity index (χ0) is 15.2. The molecule has 0 radical (unpaired) electrons. The van der Waals surface area contributed by atoms with Gasteiger partial charge >= 0.3 is 6.61 Å².